The molecule has 0 radical (unpaired) electrons. The molecule has 0 saturated heterocycles. The molecule has 0 atom stereocenters. The van der Waals surface area contributed by atoms with E-state index >= 15 is 0 Å². The molecule has 1 saturated carbocycles. The molecule has 26 heavy (non-hydrogen) atoms. The average Bonchev–Trinajstić information content (AvgIpc) is 3.03. The number of carbonyl (C=O) groups is 1. The van der Waals surface area contributed by atoms with Crippen LogP contribution in [0.5, 0.6) is 0 Å². The molecule has 0 bridgehead atoms. The monoisotopic (exact) mass is 360 g/mol. The number of hydrogen-bond donors (Lipinski definition) is 0. The van der Waals surface area contributed by atoms with Crippen LogP contribution >= 0.6 is 0 Å². The first-order chi connectivity index (χ1) is 12.4. The second-order valence-corrected chi connectivity index (χ2v) is 6.64. The van der Waals surface area contributed by atoms with Gasteiger partial charge in [-0.3, -0.25) is 9.48 Å². The van der Waals surface area contributed by atoms with Gasteiger partial charge in [0.25, 0.3) is 6.43 Å². The normalized spacial score (nSPS) is 14.3. The van der Waals surface area contributed by atoms with Crippen molar-refractivity contribution in [1.82, 2.24) is 19.6 Å². The van der Waals surface area contributed by atoms with E-state index in [1.54, 1.807) is 10.7 Å². The Balaban J connectivity index is 1.59. The number of nitrogens with zero attached hydrogens (tertiary/aromatic N) is 4. The van der Waals surface area contributed by atoms with Gasteiger partial charge in [0.05, 0.1) is 17.9 Å². The van der Waals surface area contributed by atoms with Gasteiger partial charge in [-0.25, -0.2) is 8.78 Å². The summed E-state index contributed by atoms with van der Waals surface area (Å²) in [4.78, 5) is 12.6. The number of halogens is 2. The Bertz CT molecular complexity index is 966. The van der Waals surface area contributed by atoms with Crippen molar-refractivity contribution in [3.63, 3.8) is 0 Å². The van der Waals surface area contributed by atoms with Gasteiger partial charge in [-0.15, -0.1) is 0 Å². The number of hydrogen-bond acceptors (Lipinski definition) is 4. The van der Waals surface area contributed by atoms with E-state index in [-0.39, 0.29) is 11.7 Å². The summed E-state index contributed by atoms with van der Waals surface area (Å²) in [6.07, 6.45) is -0.939. The molecule has 3 heterocycles. The van der Waals surface area contributed by atoms with Crippen molar-refractivity contribution >= 4 is 5.91 Å². The van der Waals surface area contributed by atoms with Crippen molar-refractivity contribution in [3.8, 4) is 0 Å². The maximum absolute atomic E-state index is 13.3. The summed E-state index contributed by atoms with van der Waals surface area (Å²) in [5.41, 5.74) is 2.00. The molecule has 0 aliphatic heterocycles. The summed E-state index contributed by atoms with van der Waals surface area (Å²) in [6, 6.07) is 6.39. The first kappa shape index (κ1) is 16.7. The van der Waals surface area contributed by atoms with Crippen LogP contribution in [0.25, 0.3) is 0 Å². The van der Waals surface area contributed by atoms with Crippen LogP contribution in [0.15, 0.2) is 28.7 Å². The number of furan rings is 1. The van der Waals surface area contributed by atoms with Gasteiger partial charge in [-0.2, -0.15) is 14.9 Å². The smallest absolute Gasteiger partial charge is 0.314 e. The molecule has 1 aliphatic carbocycles. The van der Waals surface area contributed by atoms with Gasteiger partial charge in [-0.1, -0.05) is 0 Å². The van der Waals surface area contributed by atoms with Crippen molar-refractivity contribution < 1.29 is 18.0 Å². The highest BCUT2D eigenvalue weighted by atomic mass is 19.3. The number of carbonyl (C=O) groups excluding carboxylic acids is 1. The lowest BCUT2D eigenvalue weighted by Gasteiger charge is -2.04. The van der Waals surface area contributed by atoms with Gasteiger partial charge in [0.1, 0.15) is 11.5 Å². The topological polar surface area (TPSA) is 65.8 Å². The van der Waals surface area contributed by atoms with Crippen LogP contribution < -0.4 is 0 Å². The molecule has 1 fully saturated rings. The molecule has 3 aromatic heterocycles. The third-order valence-electron chi connectivity index (χ3n) is 4.45. The fraction of sp³-hybridized carbons (Fsp3) is 0.389. The number of rotatable bonds is 5. The highest BCUT2D eigenvalue weighted by Crippen LogP contribution is 2.40. The summed E-state index contributed by atoms with van der Waals surface area (Å²) < 4.78 is 34.7. The fourth-order valence-corrected chi connectivity index (χ4v) is 2.98. The number of alkyl halides is 2. The molecule has 136 valence electrons. The maximum atomic E-state index is 13.3. The largest absolute Gasteiger partial charge is 0.454 e. The van der Waals surface area contributed by atoms with Gasteiger partial charge >= 0.3 is 5.91 Å². The Morgan fingerprint density at radius 2 is 2.04 bits per heavy atom. The molecule has 1 aliphatic rings. The predicted octanol–water partition coefficient (Wildman–Crippen LogP) is 3.84. The van der Waals surface area contributed by atoms with E-state index in [1.165, 1.54) is 12.1 Å². The summed E-state index contributed by atoms with van der Waals surface area (Å²) in [7, 11) is 0. The zero-order chi connectivity index (χ0) is 18.4. The molecule has 8 heteroatoms. The maximum Gasteiger partial charge on any atom is 0.314 e. The van der Waals surface area contributed by atoms with Crippen LogP contribution in [-0.2, 0) is 6.54 Å². The molecule has 0 spiro atoms. The van der Waals surface area contributed by atoms with Crippen molar-refractivity contribution in [1.29, 1.82) is 0 Å². The van der Waals surface area contributed by atoms with Gasteiger partial charge in [0, 0.05) is 11.6 Å². The molecule has 3 aromatic rings. The SMILES string of the molecule is Cc1cc(C)n(Cc2ccc(C(=O)n3nc(C4CC4)cc3C(F)F)o2)n1. The van der Waals surface area contributed by atoms with Crippen molar-refractivity contribution in [2.45, 2.75) is 45.6 Å². The standard InChI is InChI=1S/C18H18F2N4O2/c1-10-7-11(2)23(21-10)9-13-5-6-16(26-13)18(25)24-15(17(19)20)8-14(22-24)12-3-4-12/h5-8,12,17H,3-4,9H2,1-2H3. The first-order valence-corrected chi connectivity index (χ1v) is 8.45. The van der Waals surface area contributed by atoms with E-state index in [9.17, 15) is 13.6 Å². The van der Waals surface area contributed by atoms with E-state index < -0.39 is 18.0 Å². The predicted molar refractivity (Wildman–Crippen MR) is 88.4 cm³/mol. The van der Waals surface area contributed by atoms with E-state index in [0.717, 1.165) is 28.9 Å². The summed E-state index contributed by atoms with van der Waals surface area (Å²) in [5, 5.41) is 8.43. The molecule has 6 nitrogen and oxygen atoms in total. The Labute approximate surface area is 148 Å². The number of aromatic nitrogens is 4. The van der Waals surface area contributed by atoms with Gasteiger partial charge < -0.3 is 4.42 Å². The minimum Gasteiger partial charge on any atom is -0.454 e. The van der Waals surface area contributed by atoms with Crippen molar-refractivity contribution in [2.24, 2.45) is 0 Å². The highest BCUT2D eigenvalue weighted by molar-refractivity contribution is 5.93. The van der Waals surface area contributed by atoms with E-state index in [4.69, 9.17) is 4.42 Å². The van der Waals surface area contributed by atoms with Gasteiger partial charge in [-0.05, 0) is 51.0 Å². The third-order valence-corrected chi connectivity index (χ3v) is 4.45. The lowest BCUT2D eigenvalue weighted by molar-refractivity contribution is 0.0870. The second kappa shape index (κ2) is 6.19. The van der Waals surface area contributed by atoms with Crippen LogP contribution in [0, 0.1) is 13.8 Å². The zero-order valence-electron chi connectivity index (χ0n) is 14.4. The summed E-state index contributed by atoms with van der Waals surface area (Å²) in [5.74, 6) is -0.00634. The quantitative estimate of drug-likeness (QED) is 0.693. The molecule has 0 N–H and O–H groups in total. The lowest BCUT2D eigenvalue weighted by atomic mass is 10.3. The summed E-state index contributed by atoms with van der Waals surface area (Å²) in [6.45, 7) is 4.18. The van der Waals surface area contributed by atoms with Crippen LogP contribution in [0.2, 0.25) is 0 Å². The zero-order valence-corrected chi connectivity index (χ0v) is 14.4. The van der Waals surface area contributed by atoms with E-state index in [0.29, 0.717) is 18.0 Å². The Kier molecular flexibility index (Phi) is 3.97. The van der Waals surface area contributed by atoms with Crippen molar-refractivity contribution in [3.05, 3.63) is 58.6 Å². The molecule has 0 amide bonds. The van der Waals surface area contributed by atoms with Crippen LogP contribution in [0.1, 0.15) is 64.3 Å². The highest BCUT2D eigenvalue weighted by Gasteiger charge is 2.31. The van der Waals surface area contributed by atoms with Crippen LogP contribution in [0.4, 0.5) is 8.78 Å². The summed E-state index contributed by atoms with van der Waals surface area (Å²) >= 11 is 0. The van der Waals surface area contributed by atoms with E-state index in [1.807, 2.05) is 19.9 Å². The number of aryl methyl sites for hydroxylation is 2. The third kappa shape index (κ3) is 3.07. The van der Waals surface area contributed by atoms with Gasteiger partial charge in [0.2, 0.25) is 0 Å². The second-order valence-electron chi connectivity index (χ2n) is 6.64. The fourth-order valence-electron chi connectivity index (χ4n) is 2.98. The van der Waals surface area contributed by atoms with Gasteiger partial charge in [0.15, 0.2) is 5.76 Å². The Morgan fingerprint density at radius 3 is 2.65 bits per heavy atom. The van der Waals surface area contributed by atoms with E-state index in [2.05, 4.69) is 10.2 Å². The minimum absolute atomic E-state index is 0.0196. The molecule has 0 unspecified atom stereocenters. The van der Waals surface area contributed by atoms with Crippen LogP contribution in [0.3, 0.4) is 0 Å². The Hall–Kier alpha value is -2.77. The molecule has 4 rings (SSSR count). The minimum atomic E-state index is -2.77. The first-order valence-electron chi connectivity index (χ1n) is 8.45. The Morgan fingerprint density at radius 1 is 1.27 bits per heavy atom. The molecular weight excluding hydrogens is 342 g/mol. The van der Waals surface area contributed by atoms with Crippen molar-refractivity contribution in [2.75, 3.05) is 0 Å². The molecular formula is C18H18F2N4O2. The average molecular weight is 360 g/mol. The lowest BCUT2D eigenvalue weighted by Crippen LogP contribution is -2.16. The van der Waals surface area contributed by atoms with Crippen LogP contribution in [-0.4, -0.2) is 25.5 Å². The molecule has 0 aromatic carbocycles.